The lowest BCUT2D eigenvalue weighted by Gasteiger charge is -2.00. The standard InChI is InChI=1S/C22H16N6O2/c29-17-8-4-13(5-9-17)19-23-21(27-25-19)15-2-1-3-16(12-15)22-24-20(26-28-22)14-6-10-18(30)11-7-14/h1-12,29-30H,(H,23,25,27)(H,24,26,28). The van der Waals surface area contributed by atoms with Crippen LogP contribution < -0.4 is 0 Å². The molecule has 0 aliphatic heterocycles. The van der Waals surface area contributed by atoms with E-state index in [1.807, 2.05) is 24.3 Å². The summed E-state index contributed by atoms with van der Waals surface area (Å²) in [7, 11) is 0. The van der Waals surface area contributed by atoms with Crippen LogP contribution in [0.2, 0.25) is 0 Å². The van der Waals surface area contributed by atoms with Crippen LogP contribution in [0.3, 0.4) is 0 Å². The van der Waals surface area contributed by atoms with Gasteiger partial charge in [0.15, 0.2) is 23.3 Å². The summed E-state index contributed by atoms with van der Waals surface area (Å²) in [6.07, 6.45) is 0. The predicted molar refractivity (Wildman–Crippen MR) is 111 cm³/mol. The average Bonchev–Trinajstić information content (AvgIpc) is 3.45. The van der Waals surface area contributed by atoms with Crippen LogP contribution in [0.5, 0.6) is 11.5 Å². The Morgan fingerprint density at radius 3 is 1.40 bits per heavy atom. The van der Waals surface area contributed by atoms with Crippen molar-refractivity contribution in [2.75, 3.05) is 0 Å². The van der Waals surface area contributed by atoms with Crippen molar-refractivity contribution in [1.29, 1.82) is 0 Å². The van der Waals surface area contributed by atoms with Gasteiger partial charge < -0.3 is 10.2 Å². The molecule has 0 saturated carbocycles. The topological polar surface area (TPSA) is 124 Å². The van der Waals surface area contributed by atoms with Crippen LogP contribution in [0, 0.1) is 0 Å². The Hall–Kier alpha value is -4.46. The molecule has 4 N–H and O–H groups in total. The lowest BCUT2D eigenvalue weighted by atomic mass is 10.1. The lowest BCUT2D eigenvalue weighted by Crippen LogP contribution is -1.85. The molecule has 0 spiro atoms. The summed E-state index contributed by atoms with van der Waals surface area (Å²) in [5.74, 6) is 2.73. The zero-order valence-electron chi connectivity index (χ0n) is 15.6. The molecule has 0 aliphatic carbocycles. The molecule has 3 aromatic carbocycles. The Bertz CT molecular complexity index is 1210. The van der Waals surface area contributed by atoms with E-state index in [1.165, 1.54) is 0 Å². The van der Waals surface area contributed by atoms with Crippen molar-refractivity contribution in [1.82, 2.24) is 30.4 Å². The number of benzene rings is 3. The molecule has 146 valence electrons. The molecule has 0 aliphatic rings. The zero-order valence-corrected chi connectivity index (χ0v) is 15.6. The van der Waals surface area contributed by atoms with Gasteiger partial charge in [0.05, 0.1) is 0 Å². The number of aromatic amines is 2. The zero-order chi connectivity index (χ0) is 20.5. The van der Waals surface area contributed by atoms with Crippen LogP contribution >= 0.6 is 0 Å². The van der Waals surface area contributed by atoms with E-state index in [0.29, 0.717) is 23.3 Å². The molecule has 8 heteroatoms. The van der Waals surface area contributed by atoms with Crippen molar-refractivity contribution in [3.8, 4) is 57.1 Å². The second kappa shape index (κ2) is 7.17. The van der Waals surface area contributed by atoms with E-state index >= 15 is 0 Å². The maximum Gasteiger partial charge on any atom is 0.181 e. The molecule has 0 amide bonds. The molecular weight excluding hydrogens is 380 g/mol. The van der Waals surface area contributed by atoms with Gasteiger partial charge in [-0.3, -0.25) is 10.2 Å². The Balaban J connectivity index is 1.44. The fourth-order valence-electron chi connectivity index (χ4n) is 3.07. The molecule has 2 aromatic heterocycles. The maximum absolute atomic E-state index is 9.44. The number of aromatic nitrogens is 6. The number of aromatic hydroxyl groups is 2. The molecule has 30 heavy (non-hydrogen) atoms. The summed E-state index contributed by atoms with van der Waals surface area (Å²) in [6, 6.07) is 21.2. The highest BCUT2D eigenvalue weighted by atomic mass is 16.3. The van der Waals surface area contributed by atoms with E-state index in [2.05, 4.69) is 30.4 Å². The Labute approximate surface area is 170 Å². The number of hydrogen-bond acceptors (Lipinski definition) is 6. The molecule has 2 heterocycles. The number of nitrogens with zero attached hydrogens (tertiary/aromatic N) is 4. The summed E-state index contributed by atoms with van der Waals surface area (Å²) in [6.45, 7) is 0. The normalized spacial score (nSPS) is 10.9. The lowest BCUT2D eigenvalue weighted by molar-refractivity contribution is 0.475. The summed E-state index contributed by atoms with van der Waals surface area (Å²) < 4.78 is 0. The second-order valence-electron chi connectivity index (χ2n) is 6.69. The first-order chi connectivity index (χ1) is 14.7. The fourth-order valence-corrected chi connectivity index (χ4v) is 3.07. The van der Waals surface area contributed by atoms with E-state index in [4.69, 9.17) is 0 Å². The monoisotopic (exact) mass is 396 g/mol. The number of H-pyrrole nitrogens is 2. The van der Waals surface area contributed by atoms with E-state index in [0.717, 1.165) is 22.3 Å². The SMILES string of the molecule is Oc1ccc(-c2n[nH]c(-c3cccc(-c4nc(-c5ccc(O)cc5)n[nH]4)c3)n2)cc1. The highest BCUT2D eigenvalue weighted by Gasteiger charge is 2.12. The smallest absolute Gasteiger partial charge is 0.181 e. The minimum Gasteiger partial charge on any atom is -0.508 e. The van der Waals surface area contributed by atoms with Gasteiger partial charge in [0.1, 0.15) is 11.5 Å². The van der Waals surface area contributed by atoms with Gasteiger partial charge in [0.25, 0.3) is 0 Å². The van der Waals surface area contributed by atoms with Crippen LogP contribution in [-0.2, 0) is 0 Å². The van der Waals surface area contributed by atoms with Crippen molar-refractivity contribution >= 4 is 0 Å². The number of phenolic OH excluding ortho intramolecular Hbond substituents is 2. The summed E-state index contributed by atoms with van der Waals surface area (Å²) in [5, 5.41) is 33.3. The third-order valence-electron chi connectivity index (χ3n) is 4.63. The minimum absolute atomic E-state index is 0.195. The van der Waals surface area contributed by atoms with Crippen LogP contribution in [-0.4, -0.2) is 40.6 Å². The van der Waals surface area contributed by atoms with Gasteiger partial charge in [-0.2, -0.15) is 10.2 Å². The van der Waals surface area contributed by atoms with E-state index < -0.39 is 0 Å². The molecule has 0 atom stereocenters. The molecule has 0 fully saturated rings. The van der Waals surface area contributed by atoms with Gasteiger partial charge in [-0.05, 0) is 54.6 Å². The predicted octanol–water partition coefficient (Wildman–Crippen LogP) is 4.00. The van der Waals surface area contributed by atoms with Crippen molar-refractivity contribution < 1.29 is 10.2 Å². The fraction of sp³-hybridized carbons (Fsp3) is 0. The number of rotatable bonds is 4. The van der Waals surface area contributed by atoms with E-state index in [-0.39, 0.29) is 11.5 Å². The average molecular weight is 396 g/mol. The quantitative estimate of drug-likeness (QED) is 0.364. The van der Waals surface area contributed by atoms with Crippen LogP contribution in [0.25, 0.3) is 45.6 Å². The first-order valence-electron chi connectivity index (χ1n) is 9.20. The number of nitrogens with one attached hydrogen (secondary N) is 2. The molecule has 0 bridgehead atoms. The summed E-state index contributed by atoms with van der Waals surface area (Å²) >= 11 is 0. The number of hydrogen-bond donors (Lipinski definition) is 4. The van der Waals surface area contributed by atoms with Crippen molar-refractivity contribution in [2.24, 2.45) is 0 Å². The molecule has 0 unspecified atom stereocenters. The summed E-state index contributed by atoms with van der Waals surface area (Å²) in [4.78, 5) is 9.12. The van der Waals surface area contributed by atoms with Crippen LogP contribution in [0.15, 0.2) is 72.8 Å². The molecule has 0 saturated heterocycles. The Morgan fingerprint density at radius 1 is 0.533 bits per heavy atom. The number of phenols is 2. The van der Waals surface area contributed by atoms with Crippen molar-refractivity contribution in [2.45, 2.75) is 0 Å². The molecule has 8 nitrogen and oxygen atoms in total. The molecule has 0 radical (unpaired) electrons. The highest BCUT2D eigenvalue weighted by Crippen LogP contribution is 2.26. The van der Waals surface area contributed by atoms with Gasteiger partial charge in [-0.1, -0.05) is 18.2 Å². The Kier molecular flexibility index (Phi) is 4.21. The van der Waals surface area contributed by atoms with Gasteiger partial charge >= 0.3 is 0 Å². The third kappa shape index (κ3) is 3.37. The second-order valence-corrected chi connectivity index (χ2v) is 6.69. The highest BCUT2D eigenvalue weighted by molar-refractivity contribution is 5.69. The van der Waals surface area contributed by atoms with Crippen LogP contribution in [0.1, 0.15) is 0 Å². The first kappa shape index (κ1) is 17.6. The van der Waals surface area contributed by atoms with Crippen LogP contribution in [0.4, 0.5) is 0 Å². The van der Waals surface area contributed by atoms with E-state index in [9.17, 15) is 10.2 Å². The van der Waals surface area contributed by atoms with Crippen molar-refractivity contribution in [3.05, 3.63) is 72.8 Å². The van der Waals surface area contributed by atoms with E-state index in [1.54, 1.807) is 48.5 Å². The third-order valence-corrected chi connectivity index (χ3v) is 4.63. The van der Waals surface area contributed by atoms with Gasteiger partial charge in [0.2, 0.25) is 0 Å². The largest absolute Gasteiger partial charge is 0.508 e. The molecular formula is C22H16N6O2. The minimum atomic E-state index is 0.195. The summed E-state index contributed by atoms with van der Waals surface area (Å²) in [5.41, 5.74) is 3.32. The van der Waals surface area contributed by atoms with Gasteiger partial charge in [-0.15, -0.1) is 0 Å². The Morgan fingerprint density at radius 2 is 0.967 bits per heavy atom. The van der Waals surface area contributed by atoms with Crippen molar-refractivity contribution in [3.63, 3.8) is 0 Å². The van der Waals surface area contributed by atoms with Gasteiger partial charge in [0, 0.05) is 22.3 Å². The first-order valence-corrected chi connectivity index (χ1v) is 9.20. The maximum atomic E-state index is 9.44. The molecule has 5 rings (SSSR count). The van der Waals surface area contributed by atoms with Gasteiger partial charge in [-0.25, -0.2) is 9.97 Å². The molecule has 5 aromatic rings.